The standard InChI is InChI=1S/C12H16N4O/c1-3-6-13-12-14-8(2)7-10(16-12)11(17)15-9-4-5-9/h3,7,9H,1,4-6H2,2H3,(H,15,17)(H,13,14,16). The lowest BCUT2D eigenvalue weighted by Crippen LogP contribution is -2.26. The molecular weight excluding hydrogens is 216 g/mol. The van der Waals surface area contributed by atoms with E-state index < -0.39 is 0 Å². The molecule has 0 bridgehead atoms. The first-order valence-corrected chi connectivity index (χ1v) is 5.70. The van der Waals surface area contributed by atoms with Crippen molar-refractivity contribution in [1.82, 2.24) is 15.3 Å². The second kappa shape index (κ2) is 4.95. The van der Waals surface area contributed by atoms with E-state index in [-0.39, 0.29) is 5.91 Å². The maximum Gasteiger partial charge on any atom is 0.270 e. The van der Waals surface area contributed by atoms with Crippen LogP contribution in [0.2, 0.25) is 0 Å². The Balaban J connectivity index is 2.11. The van der Waals surface area contributed by atoms with Crippen LogP contribution < -0.4 is 10.6 Å². The molecule has 0 spiro atoms. The van der Waals surface area contributed by atoms with Crippen molar-refractivity contribution >= 4 is 11.9 Å². The molecule has 1 heterocycles. The van der Waals surface area contributed by atoms with Gasteiger partial charge < -0.3 is 10.6 Å². The zero-order valence-electron chi connectivity index (χ0n) is 9.86. The fraction of sp³-hybridized carbons (Fsp3) is 0.417. The summed E-state index contributed by atoms with van der Waals surface area (Å²) in [7, 11) is 0. The normalized spacial score (nSPS) is 14.2. The van der Waals surface area contributed by atoms with E-state index in [1.54, 1.807) is 12.1 Å². The monoisotopic (exact) mass is 232 g/mol. The van der Waals surface area contributed by atoms with Gasteiger partial charge in [-0.1, -0.05) is 6.08 Å². The fourth-order valence-corrected chi connectivity index (χ4v) is 1.41. The minimum Gasteiger partial charge on any atom is -0.351 e. The molecule has 17 heavy (non-hydrogen) atoms. The van der Waals surface area contributed by atoms with Crippen LogP contribution in [0, 0.1) is 6.92 Å². The van der Waals surface area contributed by atoms with Crippen LogP contribution in [0.5, 0.6) is 0 Å². The summed E-state index contributed by atoms with van der Waals surface area (Å²) < 4.78 is 0. The average molecular weight is 232 g/mol. The van der Waals surface area contributed by atoms with E-state index in [0.717, 1.165) is 18.5 Å². The van der Waals surface area contributed by atoms with Gasteiger partial charge in [0, 0.05) is 18.3 Å². The van der Waals surface area contributed by atoms with Crippen molar-refractivity contribution in [2.24, 2.45) is 0 Å². The van der Waals surface area contributed by atoms with Gasteiger partial charge in [0.1, 0.15) is 5.69 Å². The van der Waals surface area contributed by atoms with E-state index >= 15 is 0 Å². The fourth-order valence-electron chi connectivity index (χ4n) is 1.41. The van der Waals surface area contributed by atoms with E-state index in [9.17, 15) is 4.79 Å². The van der Waals surface area contributed by atoms with Gasteiger partial charge in [-0.05, 0) is 25.8 Å². The number of aryl methyl sites for hydroxylation is 1. The maximum atomic E-state index is 11.8. The third-order valence-electron chi connectivity index (χ3n) is 2.40. The molecular formula is C12H16N4O. The highest BCUT2D eigenvalue weighted by Gasteiger charge is 2.24. The first kappa shape index (κ1) is 11.6. The summed E-state index contributed by atoms with van der Waals surface area (Å²) in [5.41, 5.74) is 1.18. The van der Waals surface area contributed by atoms with Crippen molar-refractivity contribution in [3.05, 3.63) is 30.1 Å². The molecule has 1 aromatic rings. The molecule has 2 rings (SSSR count). The molecule has 1 aliphatic carbocycles. The summed E-state index contributed by atoms with van der Waals surface area (Å²) in [6.07, 6.45) is 3.85. The highest BCUT2D eigenvalue weighted by molar-refractivity contribution is 5.93. The number of nitrogens with one attached hydrogen (secondary N) is 2. The Morgan fingerprint density at radius 3 is 3.00 bits per heavy atom. The minimum atomic E-state index is -0.125. The number of carbonyl (C=O) groups is 1. The van der Waals surface area contributed by atoms with Crippen molar-refractivity contribution in [1.29, 1.82) is 0 Å². The Hall–Kier alpha value is -1.91. The van der Waals surface area contributed by atoms with Gasteiger partial charge in [0.25, 0.3) is 5.91 Å². The number of nitrogens with zero attached hydrogens (tertiary/aromatic N) is 2. The molecule has 90 valence electrons. The number of aromatic nitrogens is 2. The lowest BCUT2D eigenvalue weighted by atomic mass is 10.3. The zero-order valence-corrected chi connectivity index (χ0v) is 9.86. The minimum absolute atomic E-state index is 0.125. The molecule has 1 aliphatic rings. The molecule has 0 saturated heterocycles. The summed E-state index contributed by atoms with van der Waals surface area (Å²) in [5, 5.41) is 5.88. The average Bonchev–Trinajstić information content (AvgIpc) is 3.09. The Labute approximate surface area is 100 Å². The van der Waals surface area contributed by atoms with Crippen LogP contribution in [-0.2, 0) is 0 Å². The van der Waals surface area contributed by atoms with Gasteiger partial charge in [0.2, 0.25) is 5.95 Å². The molecule has 1 fully saturated rings. The topological polar surface area (TPSA) is 66.9 Å². The molecule has 0 aliphatic heterocycles. The summed E-state index contributed by atoms with van der Waals surface area (Å²) in [4.78, 5) is 20.2. The Kier molecular flexibility index (Phi) is 3.37. The Morgan fingerprint density at radius 1 is 1.59 bits per heavy atom. The molecule has 1 aromatic heterocycles. The van der Waals surface area contributed by atoms with E-state index in [1.807, 2.05) is 6.92 Å². The van der Waals surface area contributed by atoms with Crippen LogP contribution in [0.4, 0.5) is 5.95 Å². The van der Waals surface area contributed by atoms with E-state index in [1.165, 1.54) is 0 Å². The summed E-state index contributed by atoms with van der Waals surface area (Å²) in [6, 6.07) is 2.03. The van der Waals surface area contributed by atoms with Crippen LogP contribution in [0.25, 0.3) is 0 Å². The molecule has 5 nitrogen and oxygen atoms in total. The van der Waals surface area contributed by atoms with E-state index in [4.69, 9.17) is 0 Å². The predicted molar refractivity (Wildman–Crippen MR) is 65.9 cm³/mol. The highest BCUT2D eigenvalue weighted by Crippen LogP contribution is 2.19. The molecule has 2 N–H and O–H groups in total. The molecule has 0 atom stereocenters. The van der Waals surface area contributed by atoms with Crippen LogP contribution in [0.3, 0.4) is 0 Å². The van der Waals surface area contributed by atoms with Crippen molar-refractivity contribution in [3.63, 3.8) is 0 Å². The van der Waals surface area contributed by atoms with Gasteiger partial charge in [0.05, 0.1) is 0 Å². The SMILES string of the molecule is C=CCNc1nc(C)cc(C(=O)NC2CC2)n1. The summed E-state index contributed by atoms with van der Waals surface area (Å²) in [5.74, 6) is 0.338. The van der Waals surface area contributed by atoms with Crippen LogP contribution in [0.1, 0.15) is 29.0 Å². The number of anilines is 1. The highest BCUT2D eigenvalue weighted by atomic mass is 16.2. The quantitative estimate of drug-likeness (QED) is 0.750. The van der Waals surface area contributed by atoms with Gasteiger partial charge in [-0.15, -0.1) is 6.58 Å². The number of hydrogen-bond acceptors (Lipinski definition) is 4. The predicted octanol–water partition coefficient (Wildman–Crippen LogP) is 1.28. The maximum absolute atomic E-state index is 11.8. The lowest BCUT2D eigenvalue weighted by Gasteiger charge is -2.07. The van der Waals surface area contributed by atoms with Gasteiger partial charge in [-0.25, -0.2) is 9.97 Å². The van der Waals surface area contributed by atoms with Crippen molar-refractivity contribution in [2.45, 2.75) is 25.8 Å². The van der Waals surface area contributed by atoms with Gasteiger partial charge in [-0.3, -0.25) is 4.79 Å². The number of hydrogen-bond donors (Lipinski definition) is 2. The third kappa shape index (κ3) is 3.27. The second-order valence-electron chi connectivity index (χ2n) is 4.14. The van der Waals surface area contributed by atoms with E-state index in [2.05, 4.69) is 27.2 Å². The molecule has 0 aromatic carbocycles. The molecule has 0 unspecified atom stereocenters. The first-order chi connectivity index (χ1) is 8.19. The molecule has 0 radical (unpaired) electrons. The van der Waals surface area contributed by atoms with Gasteiger partial charge >= 0.3 is 0 Å². The second-order valence-corrected chi connectivity index (χ2v) is 4.14. The summed E-state index contributed by atoms with van der Waals surface area (Å²) in [6.45, 7) is 6.02. The van der Waals surface area contributed by atoms with Crippen LogP contribution in [0.15, 0.2) is 18.7 Å². The number of carbonyl (C=O) groups excluding carboxylic acids is 1. The Bertz CT molecular complexity index is 440. The third-order valence-corrected chi connectivity index (χ3v) is 2.40. The van der Waals surface area contributed by atoms with Crippen LogP contribution >= 0.6 is 0 Å². The van der Waals surface area contributed by atoms with E-state index in [0.29, 0.717) is 24.2 Å². The number of rotatable bonds is 5. The Morgan fingerprint density at radius 2 is 2.35 bits per heavy atom. The molecule has 1 saturated carbocycles. The largest absolute Gasteiger partial charge is 0.351 e. The zero-order chi connectivity index (χ0) is 12.3. The van der Waals surface area contributed by atoms with Crippen molar-refractivity contribution in [3.8, 4) is 0 Å². The molecule has 1 amide bonds. The van der Waals surface area contributed by atoms with Gasteiger partial charge in [0.15, 0.2) is 0 Å². The van der Waals surface area contributed by atoms with Crippen LogP contribution in [-0.4, -0.2) is 28.5 Å². The summed E-state index contributed by atoms with van der Waals surface area (Å²) >= 11 is 0. The number of amides is 1. The molecule has 5 heteroatoms. The smallest absolute Gasteiger partial charge is 0.270 e. The van der Waals surface area contributed by atoms with Crippen molar-refractivity contribution in [2.75, 3.05) is 11.9 Å². The van der Waals surface area contributed by atoms with Gasteiger partial charge in [-0.2, -0.15) is 0 Å². The lowest BCUT2D eigenvalue weighted by molar-refractivity contribution is 0.0946. The first-order valence-electron chi connectivity index (χ1n) is 5.70. The van der Waals surface area contributed by atoms with Crippen molar-refractivity contribution < 1.29 is 4.79 Å².